The van der Waals surface area contributed by atoms with E-state index in [-0.39, 0.29) is 5.91 Å². The van der Waals surface area contributed by atoms with Crippen molar-refractivity contribution in [2.45, 2.75) is 44.7 Å². The van der Waals surface area contributed by atoms with Gasteiger partial charge >= 0.3 is 0 Å². The second-order valence-corrected chi connectivity index (χ2v) is 4.59. The molecule has 0 saturated heterocycles. The summed E-state index contributed by atoms with van der Waals surface area (Å²) in [6, 6.07) is 4.13. The zero-order chi connectivity index (χ0) is 11.9. The fourth-order valence-electron chi connectivity index (χ4n) is 2.24. The largest absolute Gasteiger partial charge is 0.468 e. The summed E-state index contributed by atoms with van der Waals surface area (Å²) in [5.41, 5.74) is 0. The van der Waals surface area contributed by atoms with Crippen molar-refractivity contribution in [2.75, 3.05) is 6.54 Å². The molecular weight excluding hydrogens is 216 g/mol. The molecule has 0 bridgehead atoms. The summed E-state index contributed by atoms with van der Waals surface area (Å²) < 4.78 is 5.17. The molecule has 0 atom stereocenters. The summed E-state index contributed by atoms with van der Waals surface area (Å²) in [5, 5.41) is 6.14. The lowest BCUT2D eigenvalue weighted by Crippen LogP contribution is -2.41. The quantitative estimate of drug-likeness (QED) is 0.820. The van der Waals surface area contributed by atoms with Crippen LogP contribution in [-0.4, -0.2) is 18.5 Å². The van der Waals surface area contributed by atoms with Gasteiger partial charge in [0.1, 0.15) is 5.76 Å². The van der Waals surface area contributed by atoms with Gasteiger partial charge in [0.15, 0.2) is 0 Å². The minimum atomic E-state index is 0.0865. The fraction of sp³-hybridized carbons (Fsp3) is 0.615. The van der Waals surface area contributed by atoms with Gasteiger partial charge in [-0.1, -0.05) is 19.3 Å². The molecule has 1 aliphatic carbocycles. The summed E-state index contributed by atoms with van der Waals surface area (Å²) in [6.45, 7) is 0.961. The third kappa shape index (κ3) is 4.23. The Balaban J connectivity index is 1.60. The first-order valence-electron chi connectivity index (χ1n) is 6.37. The van der Waals surface area contributed by atoms with Crippen LogP contribution < -0.4 is 10.6 Å². The van der Waals surface area contributed by atoms with E-state index >= 15 is 0 Å². The van der Waals surface area contributed by atoms with E-state index in [1.54, 1.807) is 6.26 Å². The van der Waals surface area contributed by atoms with E-state index in [1.807, 2.05) is 12.1 Å². The molecule has 0 spiro atoms. The van der Waals surface area contributed by atoms with Gasteiger partial charge in [0, 0.05) is 6.04 Å². The van der Waals surface area contributed by atoms with Crippen molar-refractivity contribution in [3.05, 3.63) is 24.2 Å². The lowest BCUT2D eigenvalue weighted by atomic mass is 9.95. The van der Waals surface area contributed by atoms with Gasteiger partial charge in [0.05, 0.1) is 19.4 Å². The summed E-state index contributed by atoms with van der Waals surface area (Å²) in [4.78, 5) is 11.6. The molecule has 4 heteroatoms. The van der Waals surface area contributed by atoms with Crippen LogP contribution in [0, 0.1) is 0 Å². The lowest BCUT2D eigenvalue weighted by molar-refractivity contribution is -0.121. The average Bonchev–Trinajstić information content (AvgIpc) is 2.83. The van der Waals surface area contributed by atoms with E-state index in [1.165, 1.54) is 19.3 Å². The van der Waals surface area contributed by atoms with Gasteiger partial charge in [-0.25, -0.2) is 0 Å². The maximum Gasteiger partial charge on any atom is 0.234 e. The SMILES string of the molecule is O=C(CNCc1ccco1)NC1CCCCC1. The molecule has 0 aliphatic heterocycles. The third-order valence-electron chi connectivity index (χ3n) is 3.14. The van der Waals surface area contributed by atoms with E-state index in [0.29, 0.717) is 19.1 Å². The van der Waals surface area contributed by atoms with Gasteiger partial charge in [0.2, 0.25) is 5.91 Å². The highest BCUT2D eigenvalue weighted by Crippen LogP contribution is 2.17. The molecule has 4 nitrogen and oxygen atoms in total. The maximum absolute atomic E-state index is 11.6. The van der Waals surface area contributed by atoms with E-state index < -0.39 is 0 Å². The van der Waals surface area contributed by atoms with Crippen molar-refractivity contribution in [1.82, 2.24) is 10.6 Å². The highest BCUT2D eigenvalue weighted by Gasteiger charge is 2.15. The average molecular weight is 236 g/mol. The van der Waals surface area contributed by atoms with Crippen molar-refractivity contribution >= 4 is 5.91 Å². The molecule has 1 aliphatic rings. The highest BCUT2D eigenvalue weighted by atomic mass is 16.3. The molecule has 1 heterocycles. The molecule has 1 saturated carbocycles. The Morgan fingerprint density at radius 2 is 2.18 bits per heavy atom. The van der Waals surface area contributed by atoms with Crippen molar-refractivity contribution in [3.63, 3.8) is 0 Å². The Morgan fingerprint density at radius 1 is 1.35 bits per heavy atom. The third-order valence-corrected chi connectivity index (χ3v) is 3.14. The van der Waals surface area contributed by atoms with Crippen molar-refractivity contribution in [1.29, 1.82) is 0 Å². The first-order chi connectivity index (χ1) is 8.34. The van der Waals surface area contributed by atoms with Crippen LogP contribution in [0.25, 0.3) is 0 Å². The summed E-state index contributed by atoms with van der Waals surface area (Å²) in [7, 11) is 0. The highest BCUT2D eigenvalue weighted by molar-refractivity contribution is 5.78. The van der Waals surface area contributed by atoms with E-state index in [4.69, 9.17) is 4.42 Å². The van der Waals surface area contributed by atoms with Gasteiger partial charge in [-0.2, -0.15) is 0 Å². The molecule has 1 fully saturated rings. The molecule has 1 aromatic rings. The number of amides is 1. The van der Waals surface area contributed by atoms with E-state index in [2.05, 4.69) is 10.6 Å². The Bertz CT molecular complexity index is 329. The van der Waals surface area contributed by atoms with E-state index in [0.717, 1.165) is 18.6 Å². The van der Waals surface area contributed by atoms with Crippen LogP contribution in [-0.2, 0) is 11.3 Å². The number of furan rings is 1. The smallest absolute Gasteiger partial charge is 0.234 e. The summed E-state index contributed by atoms with van der Waals surface area (Å²) in [5.74, 6) is 0.943. The minimum Gasteiger partial charge on any atom is -0.468 e. The van der Waals surface area contributed by atoms with E-state index in [9.17, 15) is 4.79 Å². The molecule has 17 heavy (non-hydrogen) atoms. The molecule has 2 rings (SSSR count). The van der Waals surface area contributed by atoms with Gasteiger partial charge in [0.25, 0.3) is 0 Å². The molecule has 94 valence electrons. The van der Waals surface area contributed by atoms with Crippen LogP contribution in [0.2, 0.25) is 0 Å². The van der Waals surface area contributed by atoms with Crippen LogP contribution in [0.15, 0.2) is 22.8 Å². The molecule has 0 aromatic carbocycles. The van der Waals surface area contributed by atoms with Crippen molar-refractivity contribution in [2.24, 2.45) is 0 Å². The lowest BCUT2D eigenvalue weighted by Gasteiger charge is -2.22. The fourth-order valence-corrected chi connectivity index (χ4v) is 2.24. The molecule has 1 aromatic heterocycles. The first kappa shape index (κ1) is 12.2. The Kier molecular flexibility index (Phi) is 4.62. The normalized spacial score (nSPS) is 16.9. The number of hydrogen-bond donors (Lipinski definition) is 2. The van der Waals surface area contributed by atoms with Crippen LogP contribution >= 0.6 is 0 Å². The Hall–Kier alpha value is -1.29. The zero-order valence-corrected chi connectivity index (χ0v) is 10.1. The number of rotatable bonds is 5. The summed E-state index contributed by atoms with van der Waals surface area (Å²) in [6.07, 6.45) is 7.69. The zero-order valence-electron chi connectivity index (χ0n) is 10.1. The van der Waals surface area contributed by atoms with Crippen LogP contribution in [0.3, 0.4) is 0 Å². The molecule has 0 radical (unpaired) electrons. The monoisotopic (exact) mass is 236 g/mol. The van der Waals surface area contributed by atoms with Crippen molar-refractivity contribution in [3.8, 4) is 0 Å². The topological polar surface area (TPSA) is 54.3 Å². The van der Waals surface area contributed by atoms with Crippen LogP contribution in [0.5, 0.6) is 0 Å². The number of carbonyl (C=O) groups excluding carboxylic acids is 1. The summed E-state index contributed by atoms with van der Waals surface area (Å²) >= 11 is 0. The van der Waals surface area contributed by atoms with Gasteiger partial charge < -0.3 is 15.1 Å². The van der Waals surface area contributed by atoms with Gasteiger partial charge in [-0.05, 0) is 25.0 Å². The van der Waals surface area contributed by atoms with Crippen molar-refractivity contribution < 1.29 is 9.21 Å². The minimum absolute atomic E-state index is 0.0865. The van der Waals surface area contributed by atoms with Gasteiger partial charge in [-0.3, -0.25) is 4.79 Å². The van der Waals surface area contributed by atoms with Gasteiger partial charge in [-0.15, -0.1) is 0 Å². The van der Waals surface area contributed by atoms with Crippen LogP contribution in [0.1, 0.15) is 37.9 Å². The van der Waals surface area contributed by atoms with Crippen LogP contribution in [0.4, 0.5) is 0 Å². The number of hydrogen-bond acceptors (Lipinski definition) is 3. The first-order valence-corrected chi connectivity index (χ1v) is 6.37. The Morgan fingerprint density at radius 3 is 2.88 bits per heavy atom. The second kappa shape index (κ2) is 6.45. The molecule has 1 amide bonds. The number of nitrogens with one attached hydrogen (secondary N) is 2. The predicted molar refractivity (Wildman–Crippen MR) is 65.4 cm³/mol. The predicted octanol–water partition coefficient (Wildman–Crippen LogP) is 1.82. The maximum atomic E-state index is 11.6. The Labute approximate surface area is 102 Å². The molecule has 2 N–H and O–H groups in total. The molecule has 0 unspecified atom stereocenters. The molecular formula is C13H20N2O2. The number of carbonyl (C=O) groups is 1. The second-order valence-electron chi connectivity index (χ2n) is 4.59. The standard InChI is InChI=1S/C13H20N2O2/c16-13(15-11-5-2-1-3-6-11)10-14-9-12-7-4-8-17-12/h4,7-8,11,14H,1-3,5-6,9-10H2,(H,15,16).